The van der Waals surface area contributed by atoms with Crippen LogP contribution < -0.4 is 0 Å². The van der Waals surface area contributed by atoms with E-state index in [4.69, 9.17) is 4.74 Å². The Hall–Kier alpha value is -2.45. The molecule has 2 aromatic carbocycles. The van der Waals surface area contributed by atoms with Gasteiger partial charge in [0, 0.05) is 0 Å². The zero-order valence-corrected chi connectivity index (χ0v) is 16.5. The minimum Gasteiger partial charge on any atom is -0.454 e. The van der Waals surface area contributed by atoms with Gasteiger partial charge in [0.25, 0.3) is 0 Å². The van der Waals surface area contributed by atoms with Gasteiger partial charge in [-0.15, -0.1) is 11.3 Å². The Balaban J connectivity index is 1.78. The summed E-state index contributed by atoms with van der Waals surface area (Å²) in [6, 6.07) is 14.2. The Kier molecular flexibility index (Phi) is 6.00. The number of hydrogen-bond acceptors (Lipinski definition) is 4. The second-order valence-corrected chi connectivity index (χ2v) is 8.19. The lowest BCUT2D eigenvalue weighted by molar-refractivity contribution is -0.137. The molecule has 0 aliphatic rings. The highest BCUT2D eigenvalue weighted by atomic mass is 79.9. The molecule has 0 spiro atoms. The maximum Gasteiger partial charge on any atom is 0.416 e. The minimum absolute atomic E-state index is 0.169. The minimum atomic E-state index is -4.44. The van der Waals surface area contributed by atoms with Crippen LogP contribution in [0.3, 0.4) is 0 Å². The van der Waals surface area contributed by atoms with Crippen LogP contribution >= 0.6 is 27.3 Å². The molecule has 0 aliphatic carbocycles. The molecule has 0 N–H and O–H groups in total. The van der Waals surface area contributed by atoms with Crippen LogP contribution in [0.2, 0.25) is 0 Å². The predicted octanol–water partition coefficient (Wildman–Crippen LogP) is 6.24. The largest absolute Gasteiger partial charge is 0.454 e. The van der Waals surface area contributed by atoms with E-state index >= 15 is 0 Å². The van der Waals surface area contributed by atoms with E-state index in [1.54, 1.807) is 30.3 Å². The Labute approximate surface area is 170 Å². The molecule has 28 heavy (non-hydrogen) atoms. The number of rotatable bonds is 5. The van der Waals surface area contributed by atoms with Crippen molar-refractivity contribution in [1.82, 2.24) is 0 Å². The fourth-order valence-corrected chi connectivity index (χ4v) is 3.81. The van der Waals surface area contributed by atoms with Crippen molar-refractivity contribution in [1.29, 1.82) is 0 Å². The molecule has 3 rings (SSSR count). The number of carbonyl (C=O) groups is 2. The first-order chi connectivity index (χ1) is 13.3. The van der Waals surface area contributed by atoms with Crippen LogP contribution in [-0.4, -0.2) is 18.4 Å². The third kappa shape index (κ3) is 4.69. The summed E-state index contributed by atoms with van der Waals surface area (Å²) in [6.07, 6.45) is -4.44. The number of benzene rings is 2. The summed E-state index contributed by atoms with van der Waals surface area (Å²) in [5, 5.41) is 0. The number of thiophene rings is 1. The molecular formula is C20H12BrF3O3S. The molecule has 0 amide bonds. The average Bonchev–Trinajstić information content (AvgIpc) is 3.12. The standard InChI is InChI=1S/C20H12BrF3O3S/c21-18-10-9-17(28-18)16(25)11-27-19(26)15-4-2-1-3-14(15)12-5-7-13(8-6-12)20(22,23)24/h1-10H,11H2. The number of hydrogen-bond donors (Lipinski definition) is 0. The summed E-state index contributed by atoms with van der Waals surface area (Å²) >= 11 is 4.49. The van der Waals surface area contributed by atoms with Gasteiger partial charge in [-0.2, -0.15) is 13.2 Å². The molecular weight excluding hydrogens is 457 g/mol. The molecule has 0 atom stereocenters. The Morgan fingerprint density at radius 2 is 1.64 bits per heavy atom. The molecule has 0 fully saturated rings. The van der Waals surface area contributed by atoms with Crippen LogP contribution in [0.15, 0.2) is 64.5 Å². The second-order valence-electron chi connectivity index (χ2n) is 5.72. The third-order valence-corrected chi connectivity index (χ3v) is 5.52. The van der Waals surface area contributed by atoms with Gasteiger partial charge in [-0.3, -0.25) is 4.79 Å². The molecule has 0 saturated carbocycles. The lowest BCUT2D eigenvalue weighted by Crippen LogP contribution is -2.14. The topological polar surface area (TPSA) is 43.4 Å². The number of carbonyl (C=O) groups excluding carboxylic acids is 2. The van der Waals surface area contributed by atoms with Crippen molar-refractivity contribution in [3.8, 4) is 11.1 Å². The Morgan fingerprint density at radius 1 is 0.964 bits per heavy atom. The quantitative estimate of drug-likeness (QED) is 0.329. The Bertz CT molecular complexity index is 1010. The van der Waals surface area contributed by atoms with E-state index in [-0.39, 0.29) is 11.3 Å². The number of alkyl halides is 3. The second kappa shape index (κ2) is 8.28. The van der Waals surface area contributed by atoms with Crippen LogP contribution in [-0.2, 0) is 10.9 Å². The zero-order chi connectivity index (χ0) is 20.3. The fourth-order valence-electron chi connectivity index (χ4n) is 2.50. The summed E-state index contributed by atoms with van der Waals surface area (Å²) in [5.74, 6) is -1.06. The van der Waals surface area contributed by atoms with Gasteiger partial charge < -0.3 is 4.74 Å². The molecule has 1 aromatic heterocycles. The van der Waals surface area contributed by atoms with Gasteiger partial charge in [0.1, 0.15) is 0 Å². The summed E-state index contributed by atoms with van der Waals surface area (Å²) in [7, 11) is 0. The lowest BCUT2D eigenvalue weighted by atomic mass is 9.98. The third-order valence-electron chi connectivity index (χ3n) is 3.85. The van der Waals surface area contributed by atoms with Crippen LogP contribution in [0.5, 0.6) is 0 Å². The zero-order valence-electron chi connectivity index (χ0n) is 14.1. The van der Waals surface area contributed by atoms with Crippen molar-refractivity contribution in [3.63, 3.8) is 0 Å². The van der Waals surface area contributed by atoms with Crippen LogP contribution in [0.4, 0.5) is 13.2 Å². The molecule has 1 heterocycles. The Morgan fingerprint density at radius 3 is 2.25 bits per heavy atom. The first kappa shape index (κ1) is 20.3. The molecule has 3 aromatic rings. The first-order valence-electron chi connectivity index (χ1n) is 7.98. The molecule has 0 unspecified atom stereocenters. The van der Waals surface area contributed by atoms with Crippen LogP contribution in [0.25, 0.3) is 11.1 Å². The maximum absolute atomic E-state index is 12.7. The fraction of sp³-hybridized carbons (Fsp3) is 0.100. The van der Waals surface area contributed by atoms with E-state index in [9.17, 15) is 22.8 Å². The van der Waals surface area contributed by atoms with Crippen LogP contribution in [0, 0.1) is 0 Å². The molecule has 8 heteroatoms. The van der Waals surface area contributed by atoms with Gasteiger partial charge >= 0.3 is 12.1 Å². The number of esters is 1. The number of ether oxygens (including phenoxy) is 1. The summed E-state index contributed by atoms with van der Waals surface area (Å²) in [5.41, 5.74) is 0.257. The number of ketones is 1. The van der Waals surface area contributed by atoms with E-state index in [0.29, 0.717) is 16.0 Å². The SMILES string of the molecule is O=C(COC(=O)c1ccccc1-c1ccc(C(F)(F)F)cc1)c1ccc(Br)s1. The molecule has 0 saturated heterocycles. The summed E-state index contributed by atoms with van der Waals surface area (Å²) in [4.78, 5) is 25.0. The smallest absolute Gasteiger partial charge is 0.416 e. The van der Waals surface area contributed by atoms with E-state index in [1.165, 1.54) is 29.5 Å². The summed E-state index contributed by atoms with van der Waals surface area (Å²) < 4.78 is 44.1. The van der Waals surface area contributed by atoms with Crippen molar-refractivity contribution in [2.45, 2.75) is 6.18 Å². The van der Waals surface area contributed by atoms with Crippen molar-refractivity contribution in [2.24, 2.45) is 0 Å². The monoisotopic (exact) mass is 468 g/mol. The van der Waals surface area contributed by atoms with Gasteiger partial charge in [-0.25, -0.2) is 4.79 Å². The first-order valence-corrected chi connectivity index (χ1v) is 9.59. The van der Waals surface area contributed by atoms with Gasteiger partial charge in [-0.1, -0.05) is 30.3 Å². The number of halogens is 4. The van der Waals surface area contributed by atoms with Gasteiger partial charge in [0.2, 0.25) is 5.78 Å². The van der Waals surface area contributed by atoms with Crippen molar-refractivity contribution < 1.29 is 27.5 Å². The van der Waals surface area contributed by atoms with Crippen LogP contribution in [0.1, 0.15) is 25.6 Å². The summed E-state index contributed by atoms with van der Waals surface area (Å²) in [6.45, 7) is -0.423. The number of Topliss-reactive ketones (excluding diaryl/α,β-unsaturated/α-hetero) is 1. The normalized spacial score (nSPS) is 11.3. The maximum atomic E-state index is 12.7. The average molecular weight is 469 g/mol. The molecule has 0 aliphatic heterocycles. The van der Waals surface area contributed by atoms with Crippen molar-refractivity contribution in [3.05, 3.63) is 80.5 Å². The highest BCUT2D eigenvalue weighted by Crippen LogP contribution is 2.32. The van der Waals surface area contributed by atoms with E-state index in [0.717, 1.165) is 15.9 Å². The highest BCUT2D eigenvalue weighted by Gasteiger charge is 2.30. The molecule has 144 valence electrons. The van der Waals surface area contributed by atoms with Gasteiger partial charge in [0.15, 0.2) is 6.61 Å². The van der Waals surface area contributed by atoms with E-state index in [1.807, 2.05) is 0 Å². The molecule has 0 radical (unpaired) electrons. The van der Waals surface area contributed by atoms with Crippen molar-refractivity contribution >= 4 is 39.0 Å². The van der Waals surface area contributed by atoms with Crippen molar-refractivity contribution in [2.75, 3.05) is 6.61 Å². The van der Waals surface area contributed by atoms with Gasteiger partial charge in [0.05, 0.1) is 19.8 Å². The van der Waals surface area contributed by atoms with E-state index in [2.05, 4.69) is 15.9 Å². The van der Waals surface area contributed by atoms with E-state index < -0.39 is 24.3 Å². The molecule has 3 nitrogen and oxygen atoms in total. The highest BCUT2D eigenvalue weighted by molar-refractivity contribution is 9.11. The molecule has 0 bridgehead atoms. The van der Waals surface area contributed by atoms with Gasteiger partial charge in [-0.05, 0) is 57.4 Å². The lowest BCUT2D eigenvalue weighted by Gasteiger charge is -2.11. The predicted molar refractivity (Wildman–Crippen MR) is 104 cm³/mol.